The van der Waals surface area contributed by atoms with Crippen molar-refractivity contribution in [3.63, 3.8) is 0 Å². The zero-order valence-electron chi connectivity index (χ0n) is 16.2. The van der Waals surface area contributed by atoms with Gasteiger partial charge in [0.25, 0.3) is 0 Å². The summed E-state index contributed by atoms with van der Waals surface area (Å²) in [5.74, 6) is 0.390. The Kier molecular flexibility index (Phi) is 10.6. The zero-order valence-corrected chi connectivity index (χ0v) is 20.0. The molecule has 2 aromatic carbocycles. The number of rotatable bonds is 2. The third-order valence-electron chi connectivity index (χ3n) is 5.10. The van der Waals surface area contributed by atoms with Gasteiger partial charge in [-0.3, -0.25) is 0 Å². The molecule has 8 heteroatoms. The average Bonchev–Trinajstić information content (AvgIpc) is 3.10. The van der Waals surface area contributed by atoms with E-state index in [-0.39, 0.29) is 45.2 Å². The third-order valence-corrected chi connectivity index (χ3v) is 5.57. The molecule has 4 nitrogen and oxygen atoms in total. The first-order chi connectivity index (χ1) is 12.7. The van der Waals surface area contributed by atoms with Crippen LogP contribution in [0.25, 0.3) is 0 Å². The van der Waals surface area contributed by atoms with Crippen LogP contribution in [0.1, 0.15) is 12.5 Å². The summed E-state index contributed by atoms with van der Waals surface area (Å²) in [4.78, 5) is 4.71. The molecule has 0 aromatic heterocycles. The van der Waals surface area contributed by atoms with Gasteiger partial charge in [0.05, 0.1) is 12.3 Å². The fourth-order valence-electron chi connectivity index (χ4n) is 3.65. The number of hydrogen-bond acceptors (Lipinski definition) is 3. The molecule has 29 heavy (non-hydrogen) atoms. The van der Waals surface area contributed by atoms with Crippen LogP contribution in [-0.2, 0) is 20.4 Å². The van der Waals surface area contributed by atoms with E-state index in [1.807, 2.05) is 11.1 Å². The van der Waals surface area contributed by atoms with Crippen molar-refractivity contribution >= 4 is 28.7 Å². The predicted octanol–water partition coefficient (Wildman–Crippen LogP) is -2.54. The minimum Gasteiger partial charge on any atom is -1.00 e. The predicted molar refractivity (Wildman–Crippen MR) is 112 cm³/mol. The molecule has 0 amide bonds. The van der Waals surface area contributed by atoms with Crippen molar-refractivity contribution in [2.45, 2.75) is 6.92 Å². The molecule has 2 aliphatic rings. The molecule has 2 aliphatic heterocycles. The summed E-state index contributed by atoms with van der Waals surface area (Å²) >= 11 is 5.77. The molecule has 0 saturated carbocycles. The molecule has 4 rings (SSSR count). The van der Waals surface area contributed by atoms with Crippen LogP contribution in [0.5, 0.6) is 0 Å². The first-order valence-corrected chi connectivity index (χ1v) is 9.63. The molecule has 1 unspecified atom stereocenters. The van der Waals surface area contributed by atoms with Gasteiger partial charge in [0.1, 0.15) is 0 Å². The zero-order chi connectivity index (χ0) is 17.9. The molecule has 2 aromatic rings. The number of nitrogens with zero attached hydrogens (tertiary/aromatic N) is 4. The summed E-state index contributed by atoms with van der Waals surface area (Å²) in [6.45, 7) is 6.94. The Morgan fingerprint density at radius 2 is 1.45 bits per heavy atom. The van der Waals surface area contributed by atoms with Crippen LogP contribution < -0.4 is 29.7 Å². The normalized spacial score (nSPS) is 18.2. The van der Waals surface area contributed by atoms with E-state index in [2.05, 4.69) is 71.3 Å². The molecule has 0 N–H and O–H groups in total. The second-order valence-corrected chi connectivity index (χ2v) is 7.29. The van der Waals surface area contributed by atoms with Gasteiger partial charge in [-0.15, -0.1) is 0 Å². The number of piperazine rings is 1. The minimum atomic E-state index is 0. The van der Waals surface area contributed by atoms with E-state index in [9.17, 15) is 0 Å². The Morgan fingerprint density at radius 1 is 0.897 bits per heavy atom. The molecule has 0 radical (unpaired) electrons. The summed E-state index contributed by atoms with van der Waals surface area (Å²) in [6, 6.07) is 21.0. The van der Waals surface area contributed by atoms with Crippen LogP contribution in [0.3, 0.4) is 0 Å². The minimum absolute atomic E-state index is 0. The van der Waals surface area contributed by atoms with E-state index in [1.165, 1.54) is 11.3 Å². The fourth-order valence-corrected chi connectivity index (χ4v) is 3.94. The van der Waals surface area contributed by atoms with Crippen LogP contribution in [0.4, 0.5) is 5.69 Å². The van der Waals surface area contributed by atoms with E-state index in [1.54, 1.807) is 0 Å². The molecule has 0 spiro atoms. The van der Waals surface area contributed by atoms with Gasteiger partial charge in [0.15, 0.2) is 5.11 Å². The monoisotopic (exact) mass is 540 g/mol. The summed E-state index contributed by atoms with van der Waals surface area (Å²) in [7, 11) is 0. The van der Waals surface area contributed by atoms with Crippen LogP contribution in [0.2, 0.25) is 0 Å². The molecule has 1 atom stereocenters. The number of thiocarbonyl (C=S) groups is 1. The SMILES string of the molecule is CC1CN(C(=S)N2CCN(c3ccccc3)CC2)N=C1c1ccccc1.[Cl-].[Cl-].[Pd]. The van der Waals surface area contributed by atoms with Crippen molar-refractivity contribution in [2.24, 2.45) is 11.0 Å². The number of hydrazone groups is 1. The van der Waals surface area contributed by atoms with Crippen molar-refractivity contribution in [3.05, 3.63) is 66.2 Å². The van der Waals surface area contributed by atoms with Gasteiger partial charge in [0, 0.05) is 58.2 Å². The van der Waals surface area contributed by atoms with Crippen molar-refractivity contribution in [1.82, 2.24) is 9.91 Å². The maximum atomic E-state index is 5.77. The number of para-hydroxylation sites is 1. The largest absolute Gasteiger partial charge is 1.00 e. The van der Waals surface area contributed by atoms with Crippen molar-refractivity contribution < 1.29 is 45.2 Å². The van der Waals surface area contributed by atoms with Gasteiger partial charge in [-0.05, 0) is 29.9 Å². The molecule has 160 valence electrons. The van der Waals surface area contributed by atoms with Crippen molar-refractivity contribution in [2.75, 3.05) is 37.6 Å². The van der Waals surface area contributed by atoms with Crippen molar-refractivity contribution in [3.8, 4) is 0 Å². The van der Waals surface area contributed by atoms with Crippen molar-refractivity contribution in [1.29, 1.82) is 0 Å². The topological polar surface area (TPSA) is 22.1 Å². The number of anilines is 1. The number of hydrogen-bond donors (Lipinski definition) is 0. The summed E-state index contributed by atoms with van der Waals surface area (Å²) in [6.07, 6.45) is 0. The first-order valence-electron chi connectivity index (χ1n) is 9.23. The summed E-state index contributed by atoms with van der Waals surface area (Å²) in [5.41, 5.74) is 3.62. The Hall–Kier alpha value is -1.16. The molecule has 1 saturated heterocycles. The van der Waals surface area contributed by atoms with E-state index in [0.29, 0.717) is 5.92 Å². The van der Waals surface area contributed by atoms with Gasteiger partial charge in [-0.1, -0.05) is 55.5 Å². The second-order valence-electron chi connectivity index (χ2n) is 6.93. The maximum absolute atomic E-state index is 5.77. The third kappa shape index (κ3) is 5.93. The molecular weight excluding hydrogens is 518 g/mol. The Balaban J connectivity index is 0.00000140. The van der Waals surface area contributed by atoms with E-state index < -0.39 is 0 Å². The van der Waals surface area contributed by atoms with Gasteiger partial charge in [-0.2, -0.15) is 5.10 Å². The van der Waals surface area contributed by atoms with Crippen LogP contribution in [0, 0.1) is 5.92 Å². The molecule has 1 fully saturated rings. The van der Waals surface area contributed by atoms with E-state index >= 15 is 0 Å². The Bertz CT molecular complexity index is 799. The molecule has 2 heterocycles. The van der Waals surface area contributed by atoms with E-state index in [4.69, 9.17) is 17.3 Å². The smallest absolute Gasteiger partial charge is 0.192 e. The van der Waals surface area contributed by atoms with Crippen LogP contribution in [0.15, 0.2) is 65.8 Å². The summed E-state index contributed by atoms with van der Waals surface area (Å²) < 4.78 is 0. The van der Waals surface area contributed by atoms with Gasteiger partial charge >= 0.3 is 0 Å². The van der Waals surface area contributed by atoms with Gasteiger partial charge < -0.3 is 34.6 Å². The summed E-state index contributed by atoms with van der Waals surface area (Å²) in [5, 5.41) is 7.72. The molecular formula is C21H24Cl2N4PdS-2. The van der Waals surface area contributed by atoms with Crippen LogP contribution >= 0.6 is 12.2 Å². The average molecular weight is 542 g/mol. The molecule has 0 bridgehead atoms. The first kappa shape index (κ1) is 25.9. The number of halogens is 2. The quantitative estimate of drug-likeness (QED) is 0.309. The van der Waals surface area contributed by atoms with Gasteiger partial charge in [-0.25, -0.2) is 5.01 Å². The number of benzene rings is 2. The fraction of sp³-hybridized carbons (Fsp3) is 0.333. The standard InChI is InChI=1S/C21H24N4S.2ClH.Pd/c1-17-16-25(22-20(17)18-8-4-2-5-9-18)21(26)24-14-12-23(13-15-24)19-10-6-3-7-11-19;;;/h2-11,17H,12-16H2,1H3;2*1H;/p-2. The van der Waals surface area contributed by atoms with Gasteiger partial charge in [0.2, 0.25) is 0 Å². The Labute approximate surface area is 204 Å². The van der Waals surface area contributed by atoms with Crippen LogP contribution in [-0.4, -0.2) is 53.5 Å². The molecule has 0 aliphatic carbocycles. The maximum Gasteiger partial charge on any atom is 0.192 e. The second kappa shape index (κ2) is 11.9. The Morgan fingerprint density at radius 3 is 2.03 bits per heavy atom. The van der Waals surface area contributed by atoms with E-state index in [0.717, 1.165) is 43.5 Å².